The van der Waals surface area contributed by atoms with Crippen LogP contribution in [0.15, 0.2) is 36.4 Å². The van der Waals surface area contributed by atoms with Crippen molar-refractivity contribution in [2.45, 2.75) is 25.6 Å². The Morgan fingerprint density at radius 2 is 1.78 bits per heavy atom. The van der Waals surface area contributed by atoms with Gasteiger partial charge in [-0.1, -0.05) is 17.9 Å². The van der Waals surface area contributed by atoms with E-state index in [1.54, 1.807) is 0 Å². The van der Waals surface area contributed by atoms with Crippen molar-refractivity contribution < 1.29 is 33.1 Å². The SMILES string of the molecule is CCOC1CN(Cc2ccc(C#Cc3ccc(C(=O)N(C)C(C(=O)NC)C(=O)NO)cc3)c(F)c2F)C1. The third-order valence-electron chi connectivity index (χ3n) is 5.92. The van der Waals surface area contributed by atoms with E-state index in [1.807, 2.05) is 11.8 Å². The Morgan fingerprint density at radius 3 is 2.38 bits per heavy atom. The van der Waals surface area contributed by atoms with Gasteiger partial charge in [-0.25, -0.2) is 14.3 Å². The topological polar surface area (TPSA) is 111 Å². The Hall–Kier alpha value is -3.85. The zero-order chi connectivity index (χ0) is 27.1. The van der Waals surface area contributed by atoms with Crippen molar-refractivity contribution in [1.29, 1.82) is 0 Å². The van der Waals surface area contributed by atoms with Gasteiger partial charge in [0, 0.05) is 57.0 Å². The van der Waals surface area contributed by atoms with Crippen molar-refractivity contribution in [3.63, 3.8) is 0 Å². The fourth-order valence-corrected chi connectivity index (χ4v) is 3.87. The van der Waals surface area contributed by atoms with Gasteiger partial charge < -0.3 is 15.0 Å². The van der Waals surface area contributed by atoms with Crippen LogP contribution in [-0.2, 0) is 20.9 Å². The van der Waals surface area contributed by atoms with Crippen LogP contribution in [0.25, 0.3) is 0 Å². The molecule has 3 N–H and O–H groups in total. The maximum absolute atomic E-state index is 14.6. The smallest absolute Gasteiger partial charge is 0.275 e. The molecule has 1 atom stereocenters. The zero-order valence-corrected chi connectivity index (χ0v) is 20.7. The number of ether oxygens (including phenoxy) is 1. The highest BCUT2D eigenvalue weighted by Gasteiger charge is 2.33. The van der Waals surface area contributed by atoms with Crippen molar-refractivity contribution in [1.82, 2.24) is 20.6 Å². The first kappa shape index (κ1) is 27.7. The van der Waals surface area contributed by atoms with E-state index in [9.17, 15) is 23.2 Å². The molecule has 196 valence electrons. The quantitative estimate of drug-likeness (QED) is 0.212. The molecule has 0 spiro atoms. The average molecular weight is 515 g/mol. The molecule has 1 aliphatic heterocycles. The van der Waals surface area contributed by atoms with Crippen molar-refractivity contribution in [3.05, 3.63) is 70.3 Å². The molecular weight excluding hydrogens is 486 g/mol. The van der Waals surface area contributed by atoms with Crippen LogP contribution in [0.3, 0.4) is 0 Å². The van der Waals surface area contributed by atoms with Gasteiger partial charge >= 0.3 is 0 Å². The van der Waals surface area contributed by atoms with Crippen LogP contribution in [0.1, 0.15) is 34.0 Å². The molecule has 2 aromatic rings. The highest BCUT2D eigenvalue weighted by Crippen LogP contribution is 2.21. The lowest BCUT2D eigenvalue weighted by Crippen LogP contribution is -2.54. The molecule has 3 rings (SSSR count). The fraction of sp³-hybridized carbons (Fsp3) is 0.346. The number of likely N-dealkylation sites (tertiary alicyclic amines) is 1. The summed E-state index contributed by atoms with van der Waals surface area (Å²) in [6.07, 6.45) is 0.127. The van der Waals surface area contributed by atoms with Gasteiger partial charge in [-0.3, -0.25) is 24.5 Å². The standard InChI is InChI=1S/C26H28F2N4O5/c1-4-37-20-14-32(15-20)13-19-12-11-17(21(27)22(19)28)8-5-16-6-9-18(10-7-16)26(35)31(3)23(24(33)29-2)25(34)30-36/h6-7,9-12,20,23,36H,4,13-15H2,1-3H3,(H,29,33)(H,30,34). The third-order valence-corrected chi connectivity index (χ3v) is 5.92. The predicted octanol–water partition coefficient (Wildman–Crippen LogP) is 1.28. The Morgan fingerprint density at radius 1 is 1.11 bits per heavy atom. The molecule has 1 heterocycles. The van der Waals surface area contributed by atoms with Gasteiger partial charge in [0.1, 0.15) is 0 Å². The van der Waals surface area contributed by atoms with Crippen molar-refractivity contribution >= 4 is 17.7 Å². The summed E-state index contributed by atoms with van der Waals surface area (Å²) in [5.41, 5.74) is 2.09. The second-order valence-electron chi connectivity index (χ2n) is 8.41. The number of hydrogen-bond donors (Lipinski definition) is 3. The number of hydrogen-bond acceptors (Lipinski definition) is 6. The van der Waals surface area contributed by atoms with Crippen LogP contribution in [0.5, 0.6) is 0 Å². The first-order valence-electron chi connectivity index (χ1n) is 11.6. The number of nitrogens with one attached hydrogen (secondary N) is 2. The highest BCUT2D eigenvalue weighted by atomic mass is 19.2. The van der Waals surface area contributed by atoms with Crippen molar-refractivity contribution in [3.8, 4) is 11.8 Å². The summed E-state index contributed by atoms with van der Waals surface area (Å²) in [5, 5.41) is 11.1. The van der Waals surface area contributed by atoms with Crippen LogP contribution < -0.4 is 10.8 Å². The number of carbonyl (C=O) groups is 3. The normalized spacial score (nSPS) is 14.1. The maximum atomic E-state index is 14.6. The second-order valence-corrected chi connectivity index (χ2v) is 8.41. The molecule has 1 saturated heterocycles. The highest BCUT2D eigenvalue weighted by molar-refractivity contribution is 6.08. The van der Waals surface area contributed by atoms with Gasteiger partial charge in [-0.05, 0) is 37.3 Å². The van der Waals surface area contributed by atoms with Crippen molar-refractivity contribution in [2.75, 3.05) is 33.8 Å². The van der Waals surface area contributed by atoms with Gasteiger partial charge in [0.05, 0.1) is 11.7 Å². The van der Waals surface area contributed by atoms with E-state index in [0.29, 0.717) is 25.3 Å². The lowest BCUT2D eigenvalue weighted by Gasteiger charge is -2.38. The zero-order valence-electron chi connectivity index (χ0n) is 20.7. The maximum Gasteiger partial charge on any atom is 0.275 e. The van der Waals surface area contributed by atoms with Gasteiger partial charge in [-0.2, -0.15) is 0 Å². The Bertz CT molecular complexity index is 1200. The summed E-state index contributed by atoms with van der Waals surface area (Å²) >= 11 is 0. The number of rotatable bonds is 8. The fourth-order valence-electron chi connectivity index (χ4n) is 3.87. The van der Waals surface area contributed by atoms with Crippen LogP contribution >= 0.6 is 0 Å². The number of likely N-dealkylation sites (N-methyl/N-ethyl adjacent to an activating group) is 2. The minimum atomic E-state index is -1.59. The predicted molar refractivity (Wildman–Crippen MR) is 129 cm³/mol. The molecule has 1 aliphatic rings. The van der Waals surface area contributed by atoms with Gasteiger partial charge in [0.2, 0.25) is 0 Å². The second kappa shape index (κ2) is 12.4. The summed E-state index contributed by atoms with van der Waals surface area (Å²) in [4.78, 5) is 39.4. The largest absolute Gasteiger partial charge is 0.376 e. The molecule has 0 radical (unpaired) electrons. The summed E-state index contributed by atoms with van der Waals surface area (Å²) in [6.45, 7) is 4.16. The third kappa shape index (κ3) is 6.48. The number of nitrogens with zero attached hydrogens (tertiary/aromatic N) is 2. The van der Waals surface area contributed by atoms with Gasteiger partial charge in [0.25, 0.3) is 17.7 Å². The summed E-state index contributed by atoms with van der Waals surface area (Å²) in [5.74, 6) is 0.866. The van der Waals surface area contributed by atoms with E-state index >= 15 is 0 Å². The van der Waals surface area contributed by atoms with Crippen LogP contribution in [0.2, 0.25) is 0 Å². The molecule has 1 unspecified atom stereocenters. The van der Waals surface area contributed by atoms with E-state index in [2.05, 4.69) is 17.2 Å². The van der Waals surface area contributed by atoms with Crippen LogP contribution in [0, 0.1) is 23.5 Å². The minimum Gasteiger partial charge on any atom is -0.376 e. The molecule has 0 aromatic heterocycles. The lowest BCUT2D eigenvalue weighted by molar-refractivity contribution is -0.140. The van der Waals surface area contributed by atoms with E-state index in [1.165, 1.54) is 56.0 Å². The molecule has 0 aliphatic carbocycles. The van der Waals surface area contributed by atoms with Gasteiger partial charge in [0.15, 0.2) is 17.7 Å². The monoisotopic (exact) mass is 514 g/mol. The first-order valence-corrected chi connectivity index (χ1v) is 11.6. The summed E-state index contributed by atoms with van der Waals surface area (Å²) in [6, 6.07) is 7.19. The first-order chi connectivity index (χ1) is 17.7. The van der Waals surface area contributed by atoms with Gasteiger partial charge in [-0.15, -0.1) is 0 Å². The molecule has 37 heavy (non-hydrogen) atoms. The molecule has 2 aromatic carbocycles. The molecule has 0 saturated carbocycles. The lowest BCUT2D eigenvalue weighted by atomic mass is 10.1. The Labute approximate surface area is 213 Å². The van der Waals surface area contributed by atoms with Crippen LogP contribution in [0.4, 0.5) is 8.78 Å². The summed E-state index contributed by atoms with van der Waals surface area (Å²) in [7, 11) is 2.53. The Balaban J connectivity index is 1.69. The van der Waals surface area contributed by atoms with Crippen molar-refractivity contribution in [2.24, 2.45) is 0 Å². The molecule has 1 fully saturated rings. The minimum absolute atomic E-state index is 0.0969. The Kier molecular flexibility index (Phi) is 9.30. The van der Waals surface area contributed by atoms with E-state index in [0.717, 1.165) is 4.90 Å². The van der Waals surface area contributed by atoms with E-state index in [4.69, 9.17) is 9.94 Å². The number of hydroxylamine groups is 1. The molecule has 3 amide bonds. The number of carbonyl (C=O) groups excluding carboxylic acids is 3. The molecule has 9 nitrogen and oxygen atoms in total. The molecular formula is C26H28F2N4O5. The van der Waals surface area contributed by atoms with E-state index < -0.39 is 35.4 Å². The molecule has 0 bridgehead atoms. The molecule has 11 heteroatoms. The number of halogens is 2. The summed E-state index contributed by atoms with van der Waals surface area (Å²) < 4.78 is 34.7. The number of amides is 3. The average Bonchev–Trinajstić information content (AvgIpc) is 2.89. The van der Waals surface area contributed by atoms with E-state index in [-0.39, 0.29) is 29.3 Å². The number of benzene rings is 2. The van der Waals surface area contributed by atoms with Crippen LogP contribution in [-0.4, -0.2) is 78.7 Å².